The molecule has 1 aliphatic rings. The fraction of sp³-hybridized carbons (Fsp3) is 0.389. The van der Waals surface area contributed by atoms with E-state index in [2.05, 4.69) is 11.9 Å². The molecule has 0 aliphatic carbocycles. The Labute approximate surface area is 169 Å². The van der Waals surface area contributed by atoms with Crippen molar-refractivity contribution in [1.29, 1.82) is 0 Å². The van der Waals surface area contributed by atoms with E-state index in [4.69, 9.17) is 23.2 Å². The Balaban J connectivity index is 1.76. The maximum Gasteiger partial charge on any atom is 0.260 e. The maximum atomic E-state index is 12.8. The molecule has 26 heavy (non-hydrogen) atoms. The number of aromatic nitrogens is 1. The van der Waals surface area contributed by atoms with Crippen LogP contribution < -0.4 is 0 Å². The highest BCUT2D eigenvalue weighted by atomic mass is 35.5. The Hall–Kier alpha value is -0.790. The predicted molar refractivity (Wildman–Crippen MR) is 107 cm³/mol. The average molecular weight is 431 g/mol. The molecule has 0 spiro atoms. The molecule has 0 saturated carbocycles. The van der Waals surface area contributed by atoms with E-state index in [0.29, 0.717) is 40.5 Å². The van der Waals surface area contributed by atoms with Gasteiger partial charge in [0.1, 0.15) is 0 Å². The highest BCUT2D eigenvalue weighted by Gasteiger charge is 2.29. The van der Waals surface area contributed by atoms with Crippen molar-refractivity contribution in [2.24, 2.45) is 5.92 Å². The first-order chi connectivity index (χ1) is 12.4. The van der Waals surface area contributed by atoms with E-state index in [1.54, 1.807) is 30.3 Å². The van der Waals surface area contributed by atoms with Crippen molar-refractivity contribution in [2.45, 2.75) is 35.4 Å². The Morgan fingerprint density at radius 1 is 1.12 bits per heavy atom. The molecular formula is C18H20Cl2N2O2S2. The first-order valence-corrected chi connectivity index (χ1v) is 11.6. The van der Waals surface area contributed by atoms with Crippen LogP contribution in [0.4, 0.5) is 0 Å². The van der Waals surface area contributed by atoms with Crippen LogP contribution in [-0.2, 0) is 15.8 Å². The Morgan fingerprint density at radius 3 is 2.38 bits per heavy atom. The number of hydrogen-bond acceptors (Lipinski definition) is 4. The van der Waals surface area contributed by atoms with Crippen LogP contribution in [0.5, 0.6) is 0 Å². The van der Waals surface area contributed by atoms with E-state index >= 15 is 0 Å². The molecule has 4 nitrogen and oxygen atoms in total. The predicted octanol–water partition coefficient (Wildman–Crippen LogP) is 5.10. The lowest BCUT2D eigenvalue weighted by Crippen LogP contribution is -2.38. The first kappa shape index (κ1) is 20.0. The summed E-state index contributed by atoms with van der Waals surface area (Å²) in [6.07, 6.45) is 1.78. The minimum absolute atomic E-state index is 0.107. The normalized spacial score (nSPS) is 16.7. The molecule has 2 heterocycles. The van der Waals surface area contributed by atoms with E-state index in [9.17, 15) is 8.42 Å². The summed E-state index contributed by atoms with van der Waals surface area (Å²) in [5.74, 6) is 1.06. The smallest absolute Gasteiger partial charge is 0.239 e. The summed E-state index contributed by atoms with van der Waals surface area (Å²) < 4.78 is 27.2. The van der Waals surface area contributed by atoms with Crippen molar-refractivity contribution in [3.8, 4) is 0 Å². The third-order valence-corrected chi connectivity index (χ3v) is 8.23. The van der Waals surface area contributed by atoms with Crippen molar-refractivity contribution in [3.05, 3.63) is 52.1 Å². The second kappa shape index (κ2) is 8.48. The van der Waals surface area contributed by atoms with Gasteiger partial charge < -0.3 is 0 Å². The molecule has 1 saturated heterocycles. The van der Waals surface area contributed by atoms with Crippen LogP contribution in [0.15, 0.2) is 46.3 Å². The lowest BCUT2D eigenvalue weighted by atomic mass is 10.0. The zero-order valence-corrected chi connectivity index (χ0v) is 17.5. The van der Waals surface area contributed by atoms with Crippen molar-refractivity contribution in [3.63, 3.8) is 0 Å². The second-order valence-corrected chi connectivity index (χ2v) is 10.1. The molecule has 0 amide bonds. The number of thioether (sulfide) groups is 1. The molecule has 140 valence electrons. The molecule has 3 rings (SSSR count). The number of piperidine rings is 1. The summed E-state index contributed by atoms with van der Waals surface area (Å²) in [6.45, 7) is 3.26. The summed E-state index contributed by atoms with van der Waals surface area (Å²) >= 11 is 13.8. The van der Waals surface area contributed by atoms with Crippen molar-refractivity contribution >= 4 is 45.0 Å². The fourth-order valence-electron chi connectivity index (χ4n) is 2.81. The van der Waals surface area contributed by atoms with Gasteiger partial charge in [-0.15, -0.1) is 11.8 Å². The zero-order chi connectivity index (χ0) is 18.7. The number of sulfonamides is 1. The van der Waals surface area contributed by atoms with Gasteiger partial charge in [-0.25, -0.2) is 13.4 Å². The lowest BCUT2D eigenvalue weighted by Gasteiger charge is -2.29. The van der Waals surface area contributed by atoms with Gasteiger partial charge >= 0.3 is 0 Å². The molecule has 2 aromatic rings. The van der Waals surface area contributed by atoms with Gasteiger partial charge in [-0.2, -0.15) is 4.31 Å². The molecule has 1 aliphatic heterocycles. The minimum Gasteiger partial charge on any atom is -0.239 e. The summed E-state index contributed by atoms with van der Waals surface area (Å²) in [5.41, 5.74) is 0.678. The van der Waals surface area contributed by atoms with Gasteiger partial charge in [-0.3, -0.25) is 0 Å². The monoisotopic (exact) mass is 430 g/mol. The topological polar surface area (TPSA) is 50.3 Å². The van der Waals surface area contributed by atoms with Gasteiger partial charge in [0, 0.05) is 23.7 Å². The van der Waals surface area contributed by atoms with E-state index in [0.717, 1.165) is 17.7 Å². The van der Waals surface area contributed by atoms with Gasteiger partial charge in [-0.1, -0.05) is 42.3 Å². The van der Waals surface area contributed by atoms with E-state index in [1.807, 2.05) is 6.07 Å². The summed E-state index contributed by atoms with van der Waals surface area (Å²) in [5, 5.41) is 1.26. The zero-order valence-electron chi connectivity index (χ0n) is 14.4. The minimum atomic E-state index is -3.55. The van der Waals surface area contributed by atoms with Crippen molar-refractivity contribution < 1.29 is 8.42 Å². The molecule has 0 radical (unpaired) electrons. The third-order valence-electron chi connectivity index (χ3n) is 4.41. The number of benzene rings is 1. The van der Waals surface area contributed by atoms with E-state index < -0.39 is 10.0 Å². The number of rotatable bonds is 5. The molecule has 8 heteroatoms. The molecule has 1 fully saturated rings. The molecule has 0 unspecified atom stereocenters. The average Bonchev–Trinajstić information content (AvgIpc) is 2.62. The lowest BCUT2D eigenvalue weighted by molar-refractivity contribution is 0.287. The van der Waals surface area contributed by atoms with Gasteiger partial charge in [0.05, 0.1) is 15.7 Å². The molecule has 0 atom stereocenters. The van der Waals surface area contributed by atoms with E-state index in [1.165, 1.54) is 16.1 Å². The highest BCUT2D eigenvalue weighted by molar-refractivity contribution is 7.98. The summed E-state index contributed by atoms with van der Waals surface area (Å²) in [7, 11) is -3.55. The van der Waals surface area contributed by atoms with Crippen LogP contribution in [0.3, 0.4) is 0 Å². The fourth-order valence-corrected chi connectivity index (χ4v) is 5.83. The van der Waals surface area contributed by atoms with E-state index in [-0.39, 0.29) is 5.03 Å². The Bertz CT molecular complexity index is 862. The molecule has 0 bridgehead atoms. The van der Waals surface area contributed by atoms with Gasteiger partial charge in [0.25, 0.3) is 10.0 Å². The first-order valence-electron chi connectivity index (χ1n) is 8.41. The molecule has 0 N–H and O–H groups in total. The standard InChI is InChI=1S/C18H20Cl2N2O2S2/c1-13-8-10-22(11-9-13)26(23,24)17-7-2-4-14(21-17)12-25-18-15(19)5-3-6-16(18)20/h2-7,13H,8-12H2,1H3. The Kier molecular flexibility index (Phi) is 6.51. The number of hydrogen-bond donors (Lipinski definition) is 0. The van der Waals surface area contributed by atoms with Crippen LogP contribution in [-0.4, -0.2) is 30.8 Å². The Morgan fingerprint density at radius 2 is 1.73 bits per heavy atom. The van der Waals surface area contributed by atoms with Gasteiger partial charge in [0.15, 0.2) is 5.03 Å². The molecular weight excluding hydrogens is 411 g/mol. The second-order valence-electron chi connectivity index (χ2n) is 6.39. The number of halogens is 2. The summed E-state index contributed by atoms with van der Waals surface area (Å²) in [6, 6.07) is 10.5. The van der Waals surface area contributed by atoms with Gasteiger partial charge in [0.2, 0.25) is 0 Å². The number of nitrogens with zero attached hydrogens (tertiary/aromatic N) is 2. The van der Waals surface area contributed by atoms with Crippen LogP contribution >= 0.6 is 35.0 Å². The maximum absolute atomic E-state index is 12.8. The third kappa shape index (κ3) is 4.54. The quantitative estimate of drug-likeness (QED) is 0.618. The summed E-state index contributed by atoms with van der Waals surface area (Å²) in [4.78, 5) is 5.15. The van der Waals surface area contributed by atoms with Crippen LogP contribution in [0, 0.1) is 5.92 Å². The SMILES string of the molecule is CC1CCN(S(=O)(=O)c2cccc(CSc3c(Cl)cccc3Cl)n2)CC1. The van der Waals surface area contributed by atoms with Crippen LogP contribution in [0.2, 0.25) is 10.0 Å². The van der Waals surface area contributed by atoms with Gasteiger partial charge in [-0.05, 0) is 43.0 Å². The van der Waals surface area contributed by atoms with Crippen molar-refractivity contribution in [1.82, 2.24) is 9.29 Å². The highest BCUT2D eigenvalue weighted by Crippen LogP contribution is 2.35. The van der Waals surface area contributed by atoms with Crippen molar-refractivity contribution in [2.75, 3.05) is 13.1 Å². The van der Waals surface area contributed by atoms with Crippen LogP contribution in [0.25, 0.3) is 0 Å². The number of pyridine rings is 1. The largest absolute Gasteiger partial charge is 0.260 e. The molecule has 1 aromatic carbocycles. The molecule has 1 aromatic heterocycles. The van der Waals surface area contributed by atoms with Crippen LogP contribution in [0.1, 0.15) is 25.5 Å².